The van der Waals surface area contributed by atoms with Gasteiger partial charge in [0.2, 0.25) is 0 Å². The molecule has 0 aliphatic carbocycles. The Morgan fingerprint density at radius 1 is 0.955 bits per heavy atom. The van der Waals surface area contributed by atoms with Gasteiger partial charge in [-0.2, -0.15) is 0 Å². The van der Waals surface area contributed by atoms with Crippen LogP contribution in [0.15, 0.2) is 42.5 Å². The lowest BCUT2D eigenvalue weighted by molar-refractivity contribution is 0.235. The first kappa shape index (κ1) is 17.1. The van der Waals surface area contributed by atoms with E-state index in [9.17, 15) is 0 Å². The van der Waals surface area contributed by atoms with E-state index in [0.717, 1.165) is 24.5 Å². The van der Waals surface area contributed by atoms with E-state index in [1.165, 1.54) is 5.56 Å². The van der Waals surface area contributed by atoms with E-state index in [-0.39, 0.29) is 0 Å². The molecule has 2 nitrogen and oxygen atoms in total. The summed E-state index contributed by atoms with van der Waals surface area (Å²) in [6, 6.07) is 14.1. The lowest BCUT2D eigenvalue weighted by Gasteiger charge is -2.28. The van der Waals surface area contributed by atoms with Crippen molar-refractivity contribution in [1.29, 1.82) is 0 Å². The van der Waals surface area contributed by atoms with Crippen molar-refractivity contribution in [3.8, 4) is 0 Å². The molecule has 0 radical (unpaired) electrons. The van der Waals surface area contributed by atoms with Gasteiger partial charge in [0.1, 0.15) is 0 Å². The highest BCUT2D eigenvalue weighted by atomic mass is 35.5. The third kappa shape index (κ3) is 3.75. The first-order valence-electron chi connectivity index (χ1n) is 7.62. The number of hydrogen-bond acceptors (Lipinski definition) is 2. The number of nitrogens with one attached hydrogen (secondary N) is 1. The second-order valence-electron chi connectivity index (χ2n) is 5.21. The second-order valence-corrected chi connectivity index (χ2v) is 6.02. The Balaban J connectivity index is 2.37. The minimum absolute atomic E-state index is 0.319. The molecule has 1 atom stereocenters. The zero-order valence-corrected chi connectivity index (χ0v) is 14.7. The molecule has 4 heteroatoms. The van der Waals surface area contributed by atoms with E-state index in [1.54, 1.807) is 0 Å². The van der Waals surface area contributed by atoms with Crippen LogP contribution < -0.4 is 5.32 Å². The van der Waals surface area contributed by atoms with Crippen LogP contribution in [0, 0.1) is 0 Å². The summed E-state index contributed by atoms with van der Waals surface area (Å²) >= 11 is 12.5. The van der Waals surface area contributed by atoms with Crippen molar-refractivity contribution in [2.24, 2.45) is 0 Å². The van der Waals surface area contributed by atoms with Crippen LogP contribution in [0.2, 0.25) is 10.0 Å². The second kappa shape index (κ2) is 7.87. The van der Waals surface area contributed by atoms with Crippen molar-refractivity contribution in [1.82, 2.24) is 4.90 Å². The molecule has 2 rings (SSSR count). The van der Waals surface area contributed by atoms with Gasteiger partial charge in [-0.15, -0.1) is 0 Å². The van der Waals surface area contributed by atoms with Gasteiger partial charge >= 0.3 is 0 Å². The number of halogens is 2. The number of anilines is 2. The van der Waals surface area contributed by atoms with Gasteiger partial charge in [0.15, 0.2) is 0 Å². The fourth-order valence-corrected chi connectivity index (χ4v) is 3.19. The van der Waals surface area contributed by atoms with Crippen molar-refractivity contribution < 1.29 is 0 Å². The number of nitrogens with zero attached hydrogens (tertiary/aromatic N) is 1. The van der Waals surface area contributed by atoms with Crippen molar-refractivity contribution in [3.05, 3.63) is 58.1 Å². The molecule has 0 bridgehead atoms. The Hall–Kier alpha value is -1.22. The quantitative estimate of drug-likeness (QED) is 0.681. The van der Waals surface area contributed by atoms with Crippen LogP contribution in [-0.2, 0) is 0 Å². The van der Waals surface area contributed by atoms with Crippen LogP contribution in [0.5, 0.6) is 0 Å². The maximum absolute atomic E-state index is 6.27. The van der Waals surface area contributed by atoms with Crippen LogP contribution >= 0.6 is 23.2 Å². The van der Waals surface area contributed by atoms with Gasteiger partial charge in [0, 0.05) is 11.7 Å². The molecule has 0 spiro atoms. The molecule has 2 aromatic carbocycles. The molecule has 0 amide bonds. The van der Waals surface area contributed by atoms with E-state index < -0.39 is 0 Å². The largest absolute Gasteiger partial charge is 0.353 e. The van der Waals surface area contributed by atoms with Crippen LogP contribution in [0.1, 0.15) is 32.4 Å². The minimum Gasteiger partial charge on any atom is -0.353 e. The Morgan fingerprint density at radius 3 is 2.14 bits per heavy atom. The van der Waals surface area contributed by atoms with Gasteiger partial charge in [-0.05, 0) is 43.8 Å². The van der Waals surface area contributed by atoms with Crippen molar-refractivity contribution in [3.63, 3.8) is 0 Å². The average Bonchev–Trinajstić information content (AvgIpc) is 2.52. The zero-order valence-electron chi connectivity index (χ0n) is 13.2. The third-order valence-electron chi connectivity index (χ3n) is 3.99. The molecule has 1 N–H and O–H groups in total. The smallest absolute Gasteiger partial charge is 0.0763 e. The Kier molecular flexibility index (Phi) is 6.13. The van der Waals surface area contributed by atoms with E-state index in [4.69, 9.17) is 23.2 Å². The highest BCUT2D eigenvalue weighted by molar-refractivity contribution is 6.39. The standard InChI is InChI=1S/C18H22Cl2N2/c1-4-22(5-2)13(3)14-9-6-7-12-17(14)21-18-15(19)10-8-11-16(18)20/h6-13,21H,4-5H2,1-3H3. The predicted octanol–water partition coefficient (Wildman–Crippen LogP) is 6.14. The van der Waals surface area contributed by atoms with E-state index >= 15 is 0 Å². The van der Waals surface area contributed by atoms with E-state index in [1.807, 2.05) is 24.3 Å². The SMILES string of the molecule is CCN(CC)C(C)c1ccccc1Nc1c(Cl)cccc1Cl. The summed E-state index contributed by atoms with van der Waals surface area (Å²) in [7, 11) is 0. The van der Waals surface area contributed by atoms with Gasteiger partial charge in [-0.3, -0.25) is 4.90 Å². The molecule has 0 aromatic heterocycles. The van der Waals surface area contributed by atoms with Gasteiger partial charge in [-0.25, -0.2) is 0 Å². The Morgan fingerprint density at radius 2 is 1.55 bits per heavy atom. The molecule has 0 aliphatic heterocycles. The van der Waals surface area contributed by atoms with E-state index in [0.29, 0.717) is 16.1 Å². The summed E-state index contributed by atoms with van der Waals surface area (Å²) < 4.78 is 0. The zero-order chi connectivity index (χ0) is 16.1. The average molecular weight is 337 g/mol. The fourth-order valence-electron chi connectivity index (χ4n) is 2.70. The minimum atomic E-state index is 0.319. The predicted molar refractivity (Wildman–Crippen MR) is 97.5 cm³/mol. The fraction of sp³-hybridized carbons (Fsp3) is 0.333. The highest BCUT2D eigenvalue weighted by Crippen LogP contribution is 2.35. The Bertz CT molecular complexity index is 604. The Labute approximate surface area is 143 Å². The normalized spacial score (nSPS) is 12.5. The molecule has 0 fully saturated rings. The summed E-state index contributed by atoms with van der Waals surface area (Å²) in [6.45, 7) is 8.61. The van der Waals surface area contributed by atoms with Gasteiger partial charge in [-0.1, -0.05) is 61.3 Å². The molecular formula is C18H22Cl2N2. The molecule has 22 heavy (non-hydrogen) atoms. The number of benzene rings is 2. The maximum atomic E-state index is 6.27. The van der Waals surface area contributed by atoms with Crippen molar-refractivity contribution in [2.45, 2.75) is 26.8 Å². The maximum Gasteiger partial charge on any atom is 0.0763 e. The molecule has 0 saturated carbocycles. The van der Waals surface area contributed by atoms with Crippen LogP contribution in [-0.4, -0.2) is 18.0 Å². The topological polar surface area (TPSA) is 15.3 Å². The lowest BCUT2D eigenvalue weighted by atomic mass is 10.0. The summed E-state index contributed by atoms with van der Waals surface area (Å²) in [4.78, 5) is 2.41. The molecule has 1 unspecified atom stereocenters. The first-order valence-corrected chi connectivity index (χ1v) is 8.38. The summed E-state index contributed by atoms with van der Waals surface area (Å²) in [5.41, 5.74) is 3.03. The molecule has 118 valence electrons. The van der Waals surface area contributed by atoms with Crippen molar-refractivity contribution in [2.75, 3.05) is 18.4 Å². The van der Waals surface area contributed by atoms with Gasteiger partial charge in [0.25, 0.3) is 0 Å². The first-order chi connectivity index (χ1) is 10.6. The molecule has 0 aliphatic rings. The molecule has 0 saturated heterocycles. The highest BCUT2D eigenvalue weighted by Gasteiger charge is 2.16. The molecule has 0 heterocycles. The number of hydrogen-bond donors (Lipinski definition) is 1. The van der Waals surface area contributed by atoms with Gasteiger partial charge in [0.05, 0.1) is 15.7 Å². The summed E-state index contributed by atoms with van der Waals surface area (Å²) in [6.07, 6.45) is 0. The molecular weight excluding hydrogens is 315 g/mol. The van der Waals surface area contributed by atoms with Crippen LogP contribution in [0.3, 0.4) is 0 Å². The molecule has 2 aromatic rings. The third-order valence-corrected chi connectivity index (χ3v) is 4.62. The van der Waals surface area contributed by atoms with Gasteiger partial charge < -0.3 is 5.32 Å². The van der Waals surface area contributed by atoms with E-state index in [2.05, 4.69) is 49.2 Å². The van der Waals surface area contributed by atoms with Crippen LogP contribution in [0.25, 0.3) is 0 Å². The number of rotatable bonds is 6. The summed E-state index contributed by atoms with van der Waals surface area (Å²) in [5.74, 6) is 0. The summed E-state index contributed by atoms with van der Waals surface area (Å²) in [5, 5.41) is 4.65. The lowest BCUT2D eigenvalue weighted by Crippen LogP contribution is -2.26. The van der Waals surface area contributed by atoms with Crippen molar-refractivity contribution >= 4 is 34.6 Å². The number of para-hydroxylation sites is 2. The monoisotopic (exact) mass is 336 g/mol. The van der Waals surface area contributed by atoms with Crippen LogP contribution in [0.4, 0.5) is 11.4 Å².